The van der Waals surface area contributed by atoms with Crippen LogP contribution in [0.3, 0.4) is 0 Å². The zero-order valence-electron chi connectivity index (χ0n) is 19.4. The first kappa shape index (κ1) is 22.3. The Labute approximate surface area is 191 Å². The molecule has 0 aliphatic carbocycles. The van der Waals surface area contributed by atoms with Gasteiger partial charge in [-0.3, -0.25) is 9.36 Å². The summed E-state index contributed by atoms with van der Waals surface area (Å²) in [6.45, 7) is 13.2. The third-order valence-electron chi connectivity index (χ3n) is 5.19. The topological polar surface area (TPSA) is 89.6 Å². The molecule has 0 saturated heterocycles. The van der Waals surface area contributed by atoms with Gasteiger partial charge in [-0.15, -0.1) is 0 Å². The molecule has 168 valence electrons. The first-order valence-corrected chi connectivity index (χ1v) is 11.8. The molecule has 0 spiro atoms. The minimum atomic E-state index is -0.0514. The molecule has 4 rings (SSSR count). The highest BCUT2D eigenvalue weighted by Gasteiger charge is 2.17. The van der Waals surface area contributed by atoms with Gasteiger partial charge in [-0.05, 0) is 29.9 Å². The van der Waals surface area contributed by atoms with E-state index in [4.69, 9.17) is 9.51 Å². The highest BCUT2D eigenvalue weighted by Crippen LogP contribution is 2.27. The molecular formula is C24H29N5O2S. The van der Waals surface area contributed by atoms with Crippen molar-refractivity contribution in [2.75, 3.05) is 0 Å². The van der Waals surface area contributed by atoms with E-state index in [0.29, 0.717) is 46.1 Å². The molecule has 0 aliphatic heterocycles. The van der Waals surface area contributed by atoms with Crippen molar-refractivity contribution in [2.45, 2.75) is 64.4 Å². The molecule has 3 heterocycles. The fraction of sp³-hybridized carbons (Fsp3) is 0.417. The molecule has 0 aliphatic rings. The van der Waals surface area contributed by atoms with Gasteiger partial charge < -0.3 is 9.51 Å². The molecule has 8 heteroatoms. The normalized spacial score (nSPS) is 12.2. The Bertz CT molecular complexity index is 1290. The predicted octanol–water partition coefficient (Wildman–Crippen LogP) is 5.33. The van der Waals surface area contributed by atoms with Crippen LogP contribution in [0.25, 0.3) is 22.4 Å². The van der Waals surface area contributed by atoms with Crippen LogP contribution < -0.4 is 5.56 Å². The molecule has 4 aromatic rings. The predicted molar refractivity (Wildman–Crippen MR) is 128 cm³/mol. The van der Waals surface area contributed by atoms with Crippen LogP contribution in [0.15, 0.2) is 44.8 Å². The molecule has 3 aromatic heterocycles. The maximum Gasteiger partial charge on any atom is 0.278 e. The van der Waals surface area contributed by atoms with Crippen LogP contribution in [0.1, 0.15) is 51.8 Å². The average Bonchev–Trinajstić information content (AvgIpc) is 3.34. The van der Waals surface area contributed by atoms with Gasteiger partial charge in [0.05, 0.1) is 11.3 Å². The van der Waals surface area contributed by atoms with E-state index in [2.05, 4.69) is 61.9 Å². The minimum Gasteiger partial charge on any atom is -0.353 e. The first-order valence-electron chi connectivity index (χ1n) is 10.8. The summed E-state index contributed by atoms with van der Waals surface area (Å²) >= 11 is 1.44. The van der Waals surface area contributed by atoms with Crippen molar-refractivity contribution >= 4 is 22.8 Å². The van der Waals surface area contributed by atoms with E-state index in [9.17, 15) is 4.79 Å². The number of nitrogens with one attached hydrogen (secondary N) is 1. The second-order valence-corrected chi connectivity index (χ2v) is 10.5. The van der Waals surface area contributed by atoms with Crippen LogP contribution >= 0.6 is 11.8 Å². The summed E-state index contributed by atoms with van der Waals surface area (Å²) in [5.74, 6) is 1.81. The second kappa shape index (κ2) is 8.58. The van der Waals surface area contributed by atoms with Crippen LogP contribution in [0.4, 0.5) is 0 Å². The van der Waals surface area contributed by atoms with Crippen molar-refractivity contribution in [3.63, 3.8) is 0 Å². The first-order chi connectivity index (χ1) is 15.1. The SMILES string of the molecule is Cc1cc2nc(SCc3nc(-c4ccc(C(C)(C)C)cc4)no3)n(CC(C)C)c(=O)c2[nH]1. The minimum absolute atomic E-state index is 0.0514. The Balaban J connectivity index is 1.56. The molecule has 0 radical (unpaired) electrons. The second-order valence-electron chi connectivity index (χ2n) is 9.54. The highest BCUT2D eigenvalue weighted by atomic mass is 32.2. The standard InChI is InChI=1S/C24H29N5O2S/c1-14(2)12-29-22(30)20-18(11-15(3)25-20)26-23(29)32-13-19-27-21(28-31-19)16-7-9-17(10-8-16)24(4,5)6/h7-11,14,25H,12-13H2,1-6H3. The number of aromatic nitrogens is 5. The number of fused-ring (bicyclic) bond motifs is 1. The Hall–Kier alpha value is -2.87. The van der Waals surface area contributed by atoms with Crippen molar-refractivity contribution in [1.29, 1.82) is 0 Å². The summed E-state index contributed by atoms with van der Waals surface area (Å²) in [6.07, 6.45) is 0. The summed E-state index contributed by atoms with van der Waals surface area (Å²) in [7, 11) is 0. The van der Waals surface area contributed by atoms with Gasteiger partial charge in [0, 0.05) is 17.8 Å². The lowest BCUT2D eigenvalue weighted by Gasteiger charge is -2.18. The largest absolute Gasteiger partial charge is 0.353 e. The molecule has 0 bridgehead atoms. The summed E-state index contributed by atoms with van der Waals surface area (Å²) < 4.78 is 7.21. The lowest BCUT2D eigenvalue weighted by molar-refractivity contribution is 0.391. The van der Waals surface area contributed by atoms with Gasteiger partial charge in [0.2, 0.25) is 11.7 Å². The van der Waals surface area contributed by atoms with Gasteiger partial charge in [0.25, 0.3) is 5.56 Å². The number of aromatic amines is 1. The third kappa shape index (κ3) is 4.65. The zero-order chi connectivity index (χ0) is 23.0. The lowest BCUT2D eigenvalue weighted by Crippen LogP contribution is -2.25. The van der Waals surface area contributed by atoms with Gasteiger partial charge in [-0.1, -0.05) is 75.8 Å². The van der Waals surface area contributed by atoms with Crippen molar-refractivity contribution in [3.8, 4) is 11.4 Å². The molecule has 0 fully saturated rings. The Morgan fingerprint density at radius 3 is 2.53 bits per heavy atom. The van der Waals surface area contributed by atoms with E-state index >= 15 is 0 Å². The molecule has 7 nitrogen and oxygen atoms in total. The summed E-state index contributed by atoms with van der Waals surface area (Å²) in [6, 6.07) is 10.1. The van der Waals surface area contributed by atoms with Crippen molar-refractivity contribution in [2.24, 2.45) is 5.92 Å². The monoisotopic (exact) mass is 451 g/mol. The van der Waals surface area contributed by atoms with Gasteiger partial charge in [0.15, 0.2) is 5.16 Å². The number of aryl methyl sites for hydroxylation is 1. The van der Waals surface area contributed by atoms with Crippen LogP contribution in [-0.2, 0) is 17.7 Å². The Morgan fingerprint density at radius 1 is 1.16 bits per heavy atom. The summed E-state index contributed by atoms with van der Waals surface area (Å²) in [5.41, 5.74) is 4.36. The van der Waals surface area contributed by atoms with Crippen LogP contribution in [-0.4, -0.2) is 24.7 Å². The Morgan fingerprint density at radius 2 is 1.88 bits per heavy atom. The quantitative estimate of drug-likeness (QED) is 0.315. The lowest BCUT2D eigenvalue weighted by atomic mass is 9.87. The molecule has 0 atom stereocenters. The maximum atomic E-state index is 13.0. The van der Waals surface area contributed by atoms with E-state index in [1.807, 2.05) is 25.1 Å². The van der Waals surface area contributed by atoms with E-state index < -0.39 is 0 Å². The van der Waals surface area contributed by atoms with Crippen LogP contribution in [0.2, 0.25) is 0 Å². The number of nitrogens with zero attached hydrogens (tertiary/aromatic N) is 4. The number of thioether (sulfide) groups is 1. The number of H-pyrrole nitrogens is 1. The van der Waals surface area contributed by atoms with Gasteiger partial charge >= 0.3 is 0 Å². The van der Waals surface area contributed by atoms with E-state index in [1.165, 1.54) is 17.3 Å². The van der Waals surface area contributed by atoms with Gasteiger partial charge in [-0.25, -0.2) is 4.98 Å². The number of hydrogen-bond donors (Lipinski definition) is 1. The molecule has 0 unspecified atom stereocenters. The fourth-order valence-electron chi connectivity index (χ4n) is 3.52. The average molecular weight is 452 g/mol. The van der Waals surface area contributed by atoms with Crippen LogP contribution in [0, 0.1) is 12.8 Å². The molecule has 0 saturated carbocycles. The van der Waals surface area contributed by atoms with Crippen molar-refractivity contribution in [1.82, 2.24) is 24.7 Å². The summed E-state index contributed by atoms with van der Waals surface area (Å²) in [5, 5.41) is 4.80. The molecular weight excluding hydrogens is 422 g/mol. The molecule has 1 N–H and O–H groups in total. The summed E-state index contributed by atoms with van der Waals surface area (Å²) in [4.78, 5) is 25.4. The van der Waals surface area contributed by atoms with Crippen molar-refractivity contribution < 1.29 is 4.52 Å². The van der Waals surface area contributed by atoms with Gasteiger partial charge in [0.1, 0.15) is 5.52 Å². The number of hydrogen-bond acceptors (Lipinski definition) is 6. The third-order valence-corrected chi connectivity index (χ3v) is 6.15. The van der Waals surface area contributed by atoms with E-state index in [-0.39, 0.29) is 11.0 Å². The van der Waals surface area contributed by atoms with E-state index in [0.717, 1.165) is 11.3 Å². The van der Waals surface area contributed by atoms with Crippen LogP contribution in [0.5, 0.6) is 0 Å². The Kier molecular flexibility index (Phi) is 5.99. The zero-order valence-corrected chi connectivity index (χ0v) is 20.2. The number of rotatable bonds is 6. The smallest absolute Gasteiger partial charge is 0.278 e. The van der Waals surface area contributed by atoms with Crippen molar-refractivity contribution in [3.05, 3.63) is 57.8 Å². The number of benzene rings is 1. The fourth-order valence-corrected chi connectivity index (χ4v) is 4.37. The van der Waals surface area contributed by atoms with E-state index in [1.54, 1.807) is 4.57 Å². The molecule has 1 aromatic carbocycles. The highest BCUT2D eigenvalue weighted by molar-refractivity contribution is 7.98. The maximum absolute atomic E-state index is 13.0. The van der Waals surface area contributed by atoms with Gasteiger partial charge in [-0.2, -0.15) is 4.98 Å². The molecule has 0 amide bonds. The molecule has 32 heavy (non-hydrogen) atoms.